The number of hydrogen-bond donors (Lipinski definition) is 1. The maximum Gasteiger partial charge on any atom is 0.0717 e. The van der Waals surface area contributed by atoms with Gasteiger partial charge in [0.2, 0.25) is 0 Å². The van der Waals surface area contributed by atoms with Gasteiger partial charge in [-0.2, -0.15) is 0 Å². The highest BCUT2D eigenvalue weighted by atomic mass is 16.3. The molecular weight excluding hydrogens is 260 g/mol. The van der Waals surface area contributed by atoms with E-state index in [1.54, 1.807) is 0 Å². The molecule has 4 rings (SSSR count). The number of anilines is 1. The quantitative estimate of drug-likeness (QED) is 0.871. The van der Waals surface area contributed by atoms with Crippen LogP contribution in [0.1, 0.15) is 48.9 Å². The zero-order valence-electron chi connectivity index (χ0n) is 12.6. The van der Waals surface area contributed by atoms with Crippen molar-refractivity contribution in [2.45, 2.75) is 45.1 Å². The monoisotopic (exact) mass is 284 g/mol. The molecule has 1 aromatic heterocycles. The van der Waals surface area contributed by atoms with Gasteiger partial charge in [0, 0.05) is 36.1 Å². The van der Waals surface area contributed by atoms with Crippen molar-refractivity contribution in [1.82, 2.24) is 4.98 Å². The lowest BCUT2D eigenvalue weighted by Crippen LogP contribution is -2.30. The van der Waals surface area contributed by atoms with Gasteiger partial charge in [-0.1, -0.05) is 6.08 Å². The Morgan fingerprint density at radius 1 is 1.14 bits per heavy atom. The lowest BCUT2D eigenvalue weighted by molar-refractivity contribution is 0.281. The van der Waals surface area contributed by atoms with Crippen LogP contribution in [0.2, 0.25) is 0 Å². The fourth-order valence-corrected chi connectivity index (χ4v) is 3.41. The van der Waals surface area contributed by atoms with Crippen molar-refractivity contribution in [2.24, 2.45) is 11.8 Å². The molecule has 1 aromatic rings. The summed E-state index contributed by atoms with van der Waals surface area (Å²) in [5.74, 6) is 1.75. The molecule has 0 bridgehead atoms. The number of aromatic nitrogens is 1. The predicted molar refractivity (Wildman–Crippen MR) is 85.2 cm³/mol. The summed E-state index contributed by atoms with van der Waals surface area (Å²) in [7, 11) is 0. The average Bonchev–Trinajstić information content (AvgIpc) is 3.41. The van der Waals surface area contributed by atoms with Crippen LogP contribution >= 0.6 is 0 Å². The first-order chi connectivity index (χ1) is 10.3. The van der Waals surface area contributed by atoms with E-state index < -0.39 is 0 Å². The van der Waals surface area contributed by atoms with Gasteiger partial charge in [0.25, 0.3) is 0 Å². The van der Waals surface area contributed by atoms with Crippen LogP contribution in [-0.4, -0.2) is 23.2 Å². The Morgan fingerprint density at radius 2 is 1.86 bits per heavy atom. The fraction of sp³-hybridized carbons (Fsp3) is 0.611. The topological polar surface area (TPSA) is 36.4 Å². The van der Waals surface area contributed by atoms with E-state index in [1.165, 1.54) is 50.0 Å². The summed E-state index contributed by atoms with van der Waals surface area (Å²) in [6.45, 7) is 2.44. The van der Waals surface area contributed by atoms with Crippen molar-refractivity contribution in [2.75, 3.05) is 18.0 Å². The summed E-state index contributed by atoms with van der Waals surface area (Å²) in [4.78, 5) is 7.13. The first-order valence-corrected chi connectivity index (χ1v) is 8.38. The van der Waals surface area contributed by atoms with Gasteiger partial charge in [-0.25, -0.2) is 0 Å². The molecule has 21 heavy (non-hydrogen) atoms. The molecule has 0 amide bonds. The number of nitrogens with zero attached hydrogens (tertiary/aromatic N) is 2. The number of aliphatic hydroxyl groups excluding tert-OH is 1. The zero-order chi connectivity index (χ0) is 14.2. The fourth-order valence-electron chi connectivity index (χ4n) is 3.41. The third kappa shape index (κ3) is 2.84. The number of pyridine rings is 1. The summed E-state index contributed by atoms with van der Waals surface area (Å²) >= 11 is 0. The third-order valence-electron chi connectivity index (χ3n) is 4.93. The second-order valence-corrected chi connectivity index (χ2v) is 6.89. The maximum atomic E-state index is 9.78. The smallest absolute Gasteiger partial charge is 0.0717 e. The third-order valence-corrected chi connectivity index (χ3v) is 4.93. The number of rotatable bonds is 6. The van der Waals surface area contributed by atoms with Crippen LogP contribution < -0.4 is 4.90 Å². The van der Waals surface area contributed by atoms with Crippen molar-refractivity contribution in [1.29, 1.82) is 0 Å². The first kappa shape index (κ1) is 13.3. The number of allylic oxidation sites excluding steroid dienone is 1. The number of aliphatic hydroxyl groups is 1. The Labute approximate surface area is 126 Å². The number of fused-ring (bicyclic) bond motifs is 1. The summed E-state index contributed by atoms with van der Waals surface area (Å²) < 4.78 is 0. The van der Waals surface area contributed by atoms with Crippen LogP contribution in [0.5, 0.6) is 0 Å². The molecule has 3 aliphatic carbocycles. The average molecular weight is 284 g/mol. The van der Waals surface area contributed by atoms with Crippen LogP contribution in [0.4, 0.5) is 5.69 Å². The molecule has 2 saturated carbocycles. The molecule has 3 heteroatoms. The lowest BCUT2D eigenvalue weighted by Gasteiger charge is -2.30. The molecular formula is C18H24N2O. The molecule has 3 aliphatic rings. The highest BCUT2D eigenvalue weighted by Gasteiger charge is 2.31. The standard InChI is InChI=1S/C18H24N2O/c21-12-15-9-19-17-4-2-1-3-16(17)18(15)20(10-13-5-6-13)11-14-7-8-14/h2,4,9,13-14,21H,1,3,5-8,10-12H2. The first-order valence-electron chi connectivity index (χ1n) is 8.38. The summed E-state index contributed by atoms with van der Waals surface area (Å²) in [6.07, 6.45) is 13.9. The Morgan fingerprint density at radius 3 is 2.48 bits per heavy atom. The van der Waals surface area contributed by atoms with Crippen molar-refractivity contribution in [3.8, 4) is 0 Å². The largest absolute Gasteiger partial charge is 0.392 e. The van der Waals surface area contributed by atoms with E-state index in [1.807, 2.05) is 6.20 Å². The van der Waals surface area contributed by atoms with E-state index in [4.69, 9.17) is 0 Å². The minimum atomic E-state index is 0.102. The summed E-state index contributed by atoms with van der Waals surface area (Å²) in [5, 5.41) is 9.78. The van der Waals surface area contributed by atoms with Crippen LogP contribution in [0.15, 0.2) is 12.3 Å². The Kier molecular flexibility index (Phi) is 3.46. The van der Waals surface area contributed by atoms with E-state index >= 15 is 0 Å². The molecule has 112 valence electrons. The molecule has 0 spiro atoms. The van der Waals surface area contributed by atoms with Gasteiger partial charge in [0.1, 0.15) is 0 Å². The molecule has 0 aliphatic heterocycles. The van der Waals surface area contributed by atoms with Gasteiger partial charge in [0.05, 0.1) is 12.3 Å². The van der Waals surface area contributed by atoms with E-state index in [-0.39, 0.29) is 6.61 Å². The van der Waals surface area contributed by atoms with Crippen molar-refractivity contribution in [3.05, 3.63) is 29.1 Å². The van der Waals surface area contributed by atoms with Crippen molar-refractivity contribution < 1.29 is 5.11 Å². The number of hydrogen-bond acceptors (Lipinski definition) is 3. The maximum absolute atomic E-state index is 9.78. The SMILES string of the molecule is OCc1cnc2c(c1N(CC1CC1)CC1CC1)CCC=C2. The molecule has 1 N–H and O–H groups in total. The lowest BCUT2D eigenvalue weighted by atomic mass is 9.96. The van der Waals surface area contributed by atoms with Gasteiger partial charge < -0.3 is 10.0 Å². The molecule has 0 saturated heterocycles. The second kappa shape index (κ2) is 5.45. The summed E-state index contributed by atoms with van der Waals surface area (Å²) in [5.41, 5.74) is 4.81. The van der Waals surface area contributed by atoms with E-state index in [0.29, 0.717) is 0 Å². The summed E-state index contributed by atoms with van der Waals surface area (Å²) in [6, 6.07) is 0. The van der Waals surface area contributed by atoms with Crippen molar-refractivity contribution >= 4 is 11.8 Å². The van der Waals surface area contributed by atoms with Gasteiger partial charge in [0.15, 0.2) is 0 Å². The van der Waals surface area contributed by atoms with Crippen LogP contribution in [0, 0.1) is 11.8 Å². The highest BCUT2D eigenvalue weighted by Crippen LogP contribution is 2.39. The molecule has 0 aromatic carbocycles. The van der Waals surface area contributed by atoms with Crippen LogP contribution in [0.3, 0.4) is 0 Å². The minimum Gasteiger partial charge on any atom is -0.392 e. The van der Waals surface area contributed by atoms with E-state index in [9.17, 15) is 5.11 Å². The molecule has 3 nitrogen and oxygen atoms in total. The second-order valence-electron chi connectivity index (χ2n) is 6.89. The van der Waals surface area contributed by atoms with Gasteiger partial charge >= 0.3 is 0 Å². The Hall–Kier alpha value is -1.35. The van der Waals surface area contributed by atoms with Gasteiger partial charge in [-0.15, -0.1) is 0 Å². The zero-order valence-corrected chi connectivity index (χ0v) is 12.6. The Bertz CT molecular complexity index is 545. The predicted octanol–water partition coefficient (Wildman–Crippen LogP) is 3.16. The van der Waals surface area contributed by atoms with Crippen molar-refractivity contribution in [3.63, 3.8) is 0 Å². The Balaban J connectivity index is 1.72. The molecule has 1 heterocycles. The molecule has 0 radical (unpaired) electrons. The van der Waals surface area contributed by atoms with Gasteiger partial charge in [-0.05, 0) is 56.4 Å². The van der Waals surface area contributed by atoms with E-state index in [2.05, 4.69) is 22.0 Å². The minimum absolute atomic E-state index is 0.102. The van der Waals surface area contributed by atoms with Gasteiger partial charge in [-0.3, -0.25) is 4.98 Å². The normalized spacial score (nSPS) is 20.4. The van der Waals surface area contributed by atoms with Crippen LogP contribution in [0.25, 0.3) is 6.08 Å². The molecule has 0 atom stereocenters. The molecule has 2 fully saturated rings. The molecule has 0 unspecified atom stereocenters. The highest BCUT2D eigenvalue weighted by molar-refractivity contribution is 5.68. The van der Waals surface area contributed by atoms with E-state index in [0.717, 1.165) is 35.9 Å². The van der Waals surface area contributed by atoms with Crippen LogP contribution in [-0.2, 0) is 13.0 Å².